The highest BCUT2D eigenvalue weighted by molar-refractivity contribution is 5.61. The molecule has 0 saturated heterocycles. The molecule has 1 heterocycles. The second-order valence-electron chi connectivity index (χ2n) is 5.45. The van der Waals surface area contributed by atoms with Crippen LogP contribution in [0.2, 0.25) is 0 Å². The van der Waals surface area contributed by atoms with Gasteiger partial charge in [-0.3, -0.25) is 4.79 Å². The van der Waals surface area contributed by atoms with E-state index in [1.165, 1.54) is 30.4 Å². The van der Waals surface area contributed by atoms with Crippen LogP contribution in [0.15, 0.2) is 35.1 Å². The number of rotatable bonds is 3. The molecule has 0 radical (unpaired) electrons. The van der Waals surface area contributed by atoms with Gasteiger partial charge in [0.25, 0.3) is 5.56 Å². The molecule has 2 aromatic rings. The highest BCUT2D eigenvalue weighted by Gasteiger charge is 2.10. The van der Waals surface area contributed by atoms with Crippen LogP contribution in [-0.4, -0.2) is 12.0 Å². The minimum atomic E-state index is -0.00503. The van der Waals surface area contributed by atoms with Gasteiger partial charge >= 0.3 is 0 Å². The number of H-pyrrole nitrogens is 1. The molecule has 2 N–H and O–H groups in total. The fourth-order valence-electron chi connectivity index (χ4n) is 2.90. The molecule has 1 aliphatic carbocycles. The first-order valence-corrected chi connectivity index (χ1v) is 7.27. The SMILES string of the molecule is CNCc1ccc(-c2ccc3c(c2)CCCC3)[nH]c1=O. The highest BCUT2D eigenvalue weighted by Crippen LogP contribution is 2.26. The Kier molecular flexibility index (Phi) is 3.70. The summed E-state index contributed by atoms with van der Waals surface area (Å²) in [6.07, 6.45) is 4.91. The first-order valence-electron chi connectivity index (χ1n) is 7.27. The zero-order valence-electron chi connectivity index (χ0n) is 11.8. The molecule has 0 fully saturated rings. The molecule has 0 atom stereocenters. The molecule has 0 bridgehead atoms. The first-order chi connectivity index (χ1) is 9.78. The van der Waals surface area contributed by atoms with E-state index in [1.54, 1.807) is 0 Å². The summed E-state index contributed by atoms with van der Waals surface area (Å²) < 4.78 is 0. The van der Waals surface area contributed by atoms with Crippen molar-refractivity contribution in [3.05, 3.63) is 57.4 Å². The third-order valence-corrected chi connectivity index (χ3v) is 4.02. The number of benzene rings is 1. The molecule has 1 aromatic heterocycles. The molecule has 0 aliphatic heterocycles. The third kappa shape index (κ3) is 2.54. The summed E-state index contributed by atoms with van der Waals surface area (Å²) in [5, 5.41) is 3.00. The van der Waals surface area contributed by atoms with Crippen LogP contribution in [0.4, 0.5) is 0 Å². The second kappa shape index (κ2) is 5.63. The van der Waals surface area contributed by atoms with Gasteiger partial charge in [0.1, 0.15) is 0 Å². The molecule has 20 heavy (non-hydrogen) atoms. The number of aromatic amines is 1. The van der Waals surface area contributed by atoms with E-state index in [2.05, 4.69) is 28.5 Å². The van der Waals surface area contributed by atoms with E-state index in [1.807, 2.05) is 19.2 Å². The van der Waals surface area contributed by atoms with E-state index in [0.717, 1.165) is 23.2 Å². The lowest BCUT2D eigenvalue weighted by Gasteiger charge is -2.16. The molecule has 1 aliphatic rings. The van der Waals surface area contributed by atoms with E-state index < -0.39 is 0 Å². The maximum Gasteiger partial charge on any atom is 0.252 e. The van der Waals surface area contributed by atoms with Gasteiger partial charge in [0.15, 0.2) is 0 Å². The van der Waals surface area contributed by atoms with Crippen LogP contribution in [-0.2, 0) is 19.4 Å². The number of aromatic nitrogens is 1. The van der Waals surface area contributed by atoms with Gasteiger partial charge in [-0.25, -0.2) is 0 Å². The van der Waals surface area contributed by atoms with Gasteiger partial charge in [0.2, 0.25) is 0 Å². The quantitative estimate of drug-likeness (QED) is 0.899. The lowest BCUT2D eigenvalue weighted by atomic mass is 9.90. The van der Waals surface area contributed by atoms with Crippen molar-refractivity contribution in [3.63, 3.8) is 0 Å². The lowest BCUT2D eigenvalue weighted by Crippen LogP contribution is -2.18. The molecule has 3 heteroatoms. The number of hydrogen-bond donors (Lipinski definition) is 2. The summed E-state index contributed by atoms with van der Waals surface area (Å²) in [5.74, 6) is 0. The van der Waals surface area contributed by atoms with Crippen LogP contribution < -0.4 is 10.9 Å². The summed E-state index contributed by atoms with van der Waals surface area (Å²) in [4.78, 5) is 15.0. The van der Waals surface area contributed by atoms with E-state index in [9.17, 15) is 4.79 Å². The maximum absolute atomic E-state index is 12.0. The van der Waals surface area contributed by atoms with Crippen LogP contribution in [0, 0.1) is 0 Å². The highest BCUT2D eigenvalue weighted by atomic mass is 16.1. The molecule has 0 spiro atoms. The summed E-state index contributed by atoms with van der Waals surface area (Å²) in [7, 11) is 1.84. The minimum absolute atomic E-state index is 0.00503. The number of nitrogens with one attached hydrogen (secondary N) is 2. The van der Waals surface area contributed by atoms with Crippen molar-refractivity contribution in [2.75, 3.05) is 7.05 Å². The van der Waals surface area contributed by atoms with Crippen LogP contribution in [0.25, 0.3) is 11.3 Å². The Balaban J connectivity index is 1.96. The van der Waals surface area contributed by atoms with Crippen LogP contribution in [0.3, 0.4) is 0 Å². The number of pyridine rings is 1. The van der Waals surface area contributed by atoms with Gasteiger partial charge in [0, 0.05) is 17.8 Å². The molecule has 3 nitrogen and oxygen atoms in total. The Labute approximate surface area is 119 Å². The molecule has 0 amide bonds. The number of hydrogen-bond acceptors (Lipinski definition) is 2. The lowest BCUT2D eigenvalue weighted by molar-refractivity contribution is 0.686. The Morgan fingerprint density at radius 3 is 2.65 bits per heavy atom. The predicted octanol–water partition coefficient (Wildman–Crippen LogP) is 2.64. The van der Waals surface area contributed by atoms with E-state index in [0.29, 0.717) is 6.54 Å². The summed E-state index contributed by atoms with van der Waals surface area (Å²) in [6, 6.07) is 10.5. The van der Waals surface area contributed by atoms with Crippen molar-refractivity contribution < 1.29 is 0 Å². The van der Waals surface area contributed by atoms with Crippen LogP contribution in [0.1, 0.15) is 29.5 Å². The number of fused-ring (bicyclic) bond motifs is 1. The minimum Gasteiger partial charge on any atom is -0.322 e. The molecule has 1 aromatic carbocycles. The van der Waals surface area contributed by atoms with Gasteiger partial charge in [-0.2, -0.15) is 0 Å². The van der Waals surface area contributed by atoms with Gasteiger partial charge in [-0.15, -0.1) is 0 Å². The Hall–Kier alpha value is -1.87. The van der Waals surface area contributed by atoms with E-state index in [-0.39, 0.29) is 5.56 Å². The maximum atomic E-state index is 12.0. The van der Waals surface area contributed by atoms with Crippen molar-refractivity contribution in [1.29, 1.82) is 0 Å². The zero-order chi connectivity index (χ0) is 13.9. The summed E-state index contributed by atoms with van der Waals surface area (Å²) in [6.45, 7) is 0.597. The molecule has 0 saturated carbocycles. The summed E-state index contributed by atoms with van der Waals surface area (Å²) in [5.41, 5.74) is 5.69. The average molecular weight is 268 g/mol. The fraction of sp³-hybridized carbons (Fsp3) is 0.353. The smallest absolute Gasteiger partial charge is 0.252 e. The molecule has 104 valence electrons. The first kappa shape index (κ1) is 13.1. The van der Waals surface area contributed by atoms with Gasteiger partial charge in [-0.05, 0) is 61.6 Å². The third-order valence-electron chi connectivity index (χ3n) is 4.02. The largest absolute Gasteiger partial charge is 0.322 e. The zero-order valence-corrected chi connectivity index (χ0v) is 11.8. The van der Waals surface area contributed by atoms with Crippen LogP contribution >= 0.6 is 0 Å². The normalized spacial score (nSPS) is 14.1. The van der Waals surface area contributed by atoms with Gasteiger partial charge in [-0.1, -0.05) is 18.2 Å². The van der Waals surface area contributed by atoms with Crippen LogP contribution in [0.5, 0.6) is 0 Å². The monoisotopic (exact) mass is 268 g/mol. The molecular weight excluding hydrogens is 248 g/mol. The van der Waals surface area contributed by atoms with Crippen molar-refractivity contribution in [1.82, 2.24) is 10.3 Å². The Bertz CT molecular complexity index is 673. The van der Waals surface area contributed by atoms with Crippen molar-refractivity contribution >= 4 is 0 Å². The predicted molar refractivity (Wildman–Crippen MR) is 81.9 cm³/mol. The molecule has 0 unspecified atom stereocenters. The standard InChI is InChI=1S/C17H20N2O/c1-18-11-15-8-9-16(19-17(15)20)14-7-6-12-4-2-3-5-13(12)10-14/h6-10,18H,2-5,11H2,1H3,(H,19,20). The summed E-state index contributed by atoms with van der Waals surface area (Å²) >= 11 is 0. The Morgan fingerprint density at radius 1 is 1.10 bits per heavy atom. The van der Waals surface area contributed by atoms with Gasteiger partial charge in [0.05, 0.1) is 0 Å². The van der Waals surface area contributed by atoms with Crippen molar-refractivity contribution in [2.24, 2.45) is 0 Å². The second-order valence-corrected chi connectivity index (χ2v) is 5.45. The fourth-order valence-corrected chi connectivity index (χ4v) is 2.90. The topological polar surface area (TPSA) is 44.9 Å². The van der Waals surface area contributed by atoms with E-state index in [4.69, 9.17) is 0 Å². The van der Waals surface area contributed by atoms with Crippen molar-refractivity contribution in [3.8, 4) is 11.3 Å². The van der Waals surface area contributed by atoms with E-state index >= 15 is 0 Å². The average Bonchev–Trinajstić information content (AvgIpc) is 2.49. The van der Waals surface area contributed by atoms with Gasteiger partial charge < -0.3 is 10.3 Å². The molecule has 3 rings (SSSR count). The van der Waals surface area contributed by atoms with Crippen molar-refractivity contribution in [2.45, 2.75) is 32.2 Å². The molecular formula is C17H20N2O. The Morgan fingerprint density at radius 2 is 1.90 bits per heavy atom. The number of aryl methyl sites for hydroxylation is 2.